The van der Waals surface area contributed by atoms with Gasteiger partial charge in [-0.3, -0.25) is 4.79 Å². The van der Waals surface area contributed by atoms with Gasteiger partial charge in [-0.05, 0) is 46.4 Å². The number of rotatable bonds is 5. The van der Waals surface area contributed by atoms with Crippen molar-refractivity contribution in [3.8, 4) is 0 Å². The lowest BCUT2D eigenvalue weighted by Gasteiger charge is -2.19. The molecule has 126 valence electrons. The van der Waals surface area contributed by atoms with Crippen LogP contribution >= 0.6 is 11.3 Å². The zero-order valence-electron chi connectivity index (χ0n) is 14.4. The lowest BCUT2D eigenvalue weighted by atomic mass is 9.86. The Morgan fingerprint density at radius 2 is 1.79 bits per heavy atom. The lowest BCUT2D eigenvalue weighted by Crippen LogP contribution is -2.23. The topological polar surface area (TPSA) is 43.4 Å². The smallest absolute Gasteiger partial charge is 0.331 e. The molecule has 2 rings (SSSR count). The number of ether oxygens (including phenoxy) is 1. The maximum Gasteiger partial charge on any atom is 0.331 e. The molecule has 0 bridgehead atoms. The zero-order chi connectivity index (χ0) is 17.7. The Kier molecular flexibility index (Phi) is 5.73. The van der Waals surface area contributed by atoms with Crippen LogP contribution in [-0.2, 0) is 14.9 Å². The van der Waals surface area contributed by atoms with E-state index < -0.39 is 12.1 Å². The van der Waals surface area contributed by atoms with Crippen molar-refractivity contribution in [1.29, 1.82) is 0 Å². The van der Waals surface area contributed by atoms with Gasteiger partial charge in [0.05, 0.1) is 0 Å². The van der Waals surface area contributed by atoms with Crippen molar-refractivity contribution in [2.45, 2.75) is 39.2 Å². The highest BCUT2D eigenvalue weighted by Crippen LogP contribution is 2.22. The van der Waals surface area contributed by atoms with Crippen LogP contribution in [0.4, 0.5) is 0 Å². The summed E-state index contributed by atoms with van der Waals surface area (Å²) < 4.78 is 5.19. The van der Waals surface area contributed by atoms with Gasteiger partial charge in [-0.25, -0.2) is 4.79 Å². The Balaban J connectivity index is 1.97. The standard InChI is InChI=1S/C20H22O3S/c1-14(23-18(21)10-5-15-11-12-24-13-15)19(22)16-6-8-17(9-7-16)20(2,3)4/h5-14H,1-4H3/b10-5+/t14-/m0/s1. The van der Waals surface area contributed by atoms with Crippen LogP contribution in [-0.4, -0.2) is 17.9 Å². The Labute approximate surface area is 147 Å². The minimum Gasteiger partial charge on any atom is -0.451 e. The molecule has 0 fully saturated rings. The van der Waals surface area contributed by atoms with Gasteiger partial charge >= 0.3 is 5.97 Å². The van der Waals surface area contributed by atoms with E-state index in [1.54, 1.807) is 36.5 Å². The van der Waals surface area contributed by atoms with Crippen molar-refractivity contribution < 1.29 is 14.3 Å². The van der Waals surface area contributed by atoms with Crippen LogP contribution in [0.2, 0.25) is 0 Å². The van der Waals surface area contributed by atoms with E-state index in [0.29, 0.717) is 5.56 Å². The summed E-state index contributed by atoms with van der Waals surface area (Å²) in [7, 11) is 0. The minimum absolute atomic E-state index is 0.0338. The fourth-order valence-corrected chi connectivity index (χ4v) is 2.80. The van der Waals surface area contributed by atoms with E-state index in [4.69, 9.17) is 4.74 Å². The highest BCUT2D eigenvalue weighted by Gasteiger charge is 2.20. The molecule has 0 spiro atoms. The van der Waals surface area contributed by atoms with Gasteiger partial charge in [0, 0.05) is 11.6 Å². The van der Waals surface area contributed by atoms with E-state index in [1.165, 1.54) is 6.08 Å². The molecule has 1 heterocycles. The largest absolute Gasteiger partial charge is 0.451 e. The molecule has 0 amide bonds. The Morgan fingerprint density at radius 1 is 1.12 bits per heavy atom. The Morgan fingerprint density at radius 3 is 2.33 bits per heavy atom. The molecular weight excluding hydrogens is 320 g/mol. The van der Waals surface area contributed by atoms with Gasteiger partial charge in [-0.2, -0.15) is 11.3 Å². The van der Waals surface area contributed by atoms with Crippen LogP contribution in [0.5, 0.6) is 0 Å². The van der Waals surface area contributed by atoms with E-state index in [2.05, 4.69) is 20.8 Å². The second kappa shape index (κ2) is 7.58. The van der Waals surface area contributed by atoms with E-state index in [0.717, 1.165) is 11.1 Å². The number of benzene rings is 1. The highest BCUT2D eigenvalue weighted by atomic mass is 32.1. The molecule has 0 saturated heterocycles. The summed E-state index contributed by atoms with van der Waals surface area (Å²) in [5.74, 6) is -0.721. The second-order valence-electron chi connectivity index (χ2n) is 6.66. The number of Topliss-reactive ketones (excluding diaryl/α,β-unsaturated/α-hetero) is 1. The summed E-state index contributed by atoms with van der Waals surface area (Å²) in [6.07, 6.45) is 2.20. The summed E-state index contributed by atoms with van der Waals surface area (Å²) in [5.41, 5.74) is 2.67. The molecule has 0 aliphatic heterocycles. The second-order valence-corrected chi connectivity index (χ2v) is 7.44. The third kappa shape index (κ3) is 4.90. The third-order valence-electron chi connectivity index (χ3n) is 3.65. The van der Waals surface area contributed by atoms with Crippen molar-refractivity contribution >= 4 is 29.2 Å². The van der Waals surface area contributed by atoms with Gasteiger partial charge in [0.25, 0.3) is 0 Å². The first kappa shape index (κ1) is 18.1. The molecule has 24 heavy (non-hydrogen) atoms. The van der Waals surface area contributed by atoms with Gasteiger partial charge < -0.3 is 4.74 Å². The molecule has 0 aliphatic rings. The van der Waals surface area contributed by atoms with Crippen molar-refractivity contribution in [3.05, 3.63) is 63.9 Å². The predicted octanol–water partition coefficient (Wildman–Crippen LogP) is 4.87. The number of carbonyl (C=O) groups is 2. The van der Waals surface area contributed by atoms with Crippen molar-refractivity contribution in [2.75, 3.05) is 0 Å². The van der Waals surface area contributed by atoms with Gasteiger partial charge in [0.2, 0.25) is 5.78 Å². The monoisotopic (exact) mass is 342 g/mol. The van der Waals surface area contributed by atoms with Gasteiger partial charge in [0.15, 0.2) is 6.10 Å². The first-order valence-electron chi connectivity index (χ1n) is 7.83. The van der Waals surface area contributed by atoms with Gasteiger partial charge in [-0.15, -0.1) is 0 Å². The van der Waals surface area contributed by atoms with Crippen molar-refractivity contribution in [3.63, 3.8) is 0 Å². The third-order valence-corrected chi connectivity index (χ3v) is 4.35. The van der Waals surface area contributed by atoms with Crippen LogP contribution in [0.3, 0.4) is 0 Å². The average molecular weight is 342 g/mol. The summed E-state index contributed by atoms with van der Waals surface area (Å²) in [4.78, 5) is 24.2. The summed E-state index contributed by atoms with van der Waals surface area (Å²) in [6, 6.07) is 9.36. The van der Waals surface area contributed by atoms with Crippen LogP contribution < -0.4 is 0 Å². The molecule has 0 aliphatic carbocycles. The highest BCUT2D eigenvalue weighted by molar-refractivity contribution is 7.08. The molecule has 0 radical (unpaired) electrons. The SMILES string of the molecule is C[C@H](OC(=O)/C=C/c1ccsc1)C(=O)c1ccc(C(C)(C)C)cc1. The number of hydrogen-bond donors (Lipinski definition) is 0. The molecular formula is C20H22O3S. The van der Waals surface area contributed by atoms with E-state index >= 15 is 0 Å². The maximum absolute atomic E-state index is 12.4. The number of hydrogen-bond acceptors (Lipinski definition) is 4. The predicted molar refractivity (Wildman–Crippen MR) is 98.4 cm³/mol. The van der Waals surface area contributed by atoms with Crippen LogP contribution in [0, 0.1) is 0 Å². The van der Waals surface area contributed by atoms with Gasteiger partial charge in [-0.1, -0.05) is 45.0 Å². The molecule has 3 nitrogen and oxygen atoms in total. The van der Waals surface area contributed by atoms with Crippen molar-refractivity contribution in [1.82, 2.24) is 0 Å². The fraction of sp³-hybridized carbons (Fsp3) is 0.300. The van der Waals surface area contributed by atoms with E-state index in [1.807, 2.05) is 29.0 Å². The molecule has 4 heteroatoms. The molecule has 0 saturated carbocycles. The number of carbonyl (C=O) groups excluding carboxylic acids is 2. The normalized spacial score (nSPS) is 13.0. The summed E-state index contributed by atoms with van der Waals surface area (Å²) in [5, 5.41) is 3.85. The fourth-order valence-electron chi connectivity index (χ4n) is 2.17. The number of esters is 1. The first-order valence-corrected chi connectivity index (χ1v) is 8.77. The Hall–Kier alpha value is -2.20. The number of thiophene rings is 1. The summed E-state index contributed by atoms with van der Waals surface area (Å²) in [6.45, 7) is 7.95. The molecule has 2 aromatic rings. The maximum atomic E-state index is 12.4. The molecule has 1 atom stereocenters. The molecule has 0 unspecified atom stereocenters. The van der Waals surface area contributed by atoms with Gasteiger partial charge in [0.1, 0.15) is 0 Å². The molecule has 1 aromatic carbocycles. The van der Waals surface area contributed by atoms with Crippen LogP contribution in [0.25, 0.3) is 6.08 Å². The van der Waals surface area contributed by atoms with Crippen LogP contribution in [0.15, 0.2) is 47.2 Å². The summed E-state index contributed by atoms with van der Waals surface area (Å²) >= 11 is 1.55. The molecule has 1 aromatic heterocycles. The average Bonchev–Trinajstić information content (AvgIpc) is 3.05. The van der Waals surface area contributed by atoms with E-state index in [9.17, 15) is 9.59 Å². The first-order chi connectivity index (χ1) is 11.3. The minimum atomic E-state index is -0.815. The lowest BCUT2D eigenvalue weighted by molar-refractivity contribution is -0.140. The zero-order valence-corrected chi connectivity index (χ0v) is 15.2. The van der Waals surface area contributed by atoms with Crippen molar-refractivity contribution in [2.24, 2.45) is 0 Å². The van der Waals surface area contributed by atoms with E-state index in [-0.39, 0.29) is 11.2 Å². The quantitative estimate of drug-likeness (QED) is 0.442. The van der Waals surface area contributed by atoms with Crippen LogP contribution in [0.1, 0.15) is 49.2 Å². The molecule has 0 N–H and O–H groups in total. The Bertz CT molecular complexity index is 719. The number of ketones is 1.